The molecule has 0 radical (unpaired) electrons. The molecule has 7 heteroatoms. The summed E-state index contributed by atoms with van der Waals surface area (Å²) in [5.41, 5.74) is 1.80. The first kappa shape index (κ1) is 16.2. The van der Waals surface area contributed by atoms with Gasteiger partial charge >= 0.3 is 0 Å². The monoisotopic (exact) mass is 384 g/mol. The molecule has 0 spiro atoms. The number of carbonyl (C=O) groups is 1. The molecule has 0 aliphatic carbocycles. The van der Waals surface area contributed by atoms with Gasteiger partial charge in [-0.15, -0.1) is 22.7 Å². The quantitative estimate of drug-likeness (QED) is 0.692. The summed E-state index contributed by atoms with van der Waals surface area (Å²) in [4.78, 5) is 23.6. The zero-order chi connectivity index (χ0) is 17.7. The Morgan fingerprint density at radius 3 is 2.81 bits per heavy atom. The number of likely N-dealkylation sites (tertiary alicyclic amines) is 1. The third-order valence-corrected chi connectivity index (χ3v) is 6.99. The predicted molar refractivity (Wildman–Crippen MR) is 104 cm³/mol. The molecule has 3 aromatic heterocycles. The smallest absolute Gasteiger partial charge is 0.271 e. The number of hydrogen-bond donors (Lipinski definition) is 0. The number of rotatable bonds is 4. The number of hydrogen-bond acceptors (Lipinski definition) is 5. The summed E-state index contributed by atoms with van der Waals surface area (Å²) < 4.78 is 2.18. The molecule has 2 aliphatic rings. The lowest BCUT2D eigenvalue weighted by Crippen LogP contribution is -2.49. The first-order valence-electron chi connectivity index (χ1n) is 8.82. The van der Waals surface area contributed by atoms with Crippen LogP contribution in [0.15, 0.2) is 41.2 Å². The van der Waals surface area contributed by atoms with Crippen molar-refractivity contribution in [2.45, 2.75) is 32.1 Å². The molecule has 26 heavy (non-hydrogen) atoms. The van der Waals surface area contributed by atoms with Crippen LogP contribution >= 0.6 is 22.7 Å². The molecule has 1 fully saturated rings. The van der Waals surface area contributed by atoms with Crippen LogP contribution in [-0.2, 0) is 13.1 Å². The lowest BCUT2D eigenvalue weighted by molar-refractivity contribution is 0.0554. The van der Waals surface area contributed by atoms with Gasteiger partial charge in [0.15, 0.2) is 0 Å². The summed E-state index contributed by atoms with van der Waals surface area (Å²) in [6.07, 6.45) is 2.06. The van der Waals surface area contributed by atoms with Crippen molar-refractivity contribution in [3.05, 3.63) is 62.5 Å². The average Bonchev–Trinajstić information content (AvgIpc) is 3.39. The topological polar surface area (TPSA) is 41.4 Å². The highest BCUT2D eigenvalue weighted by Gasteiger charge is 2.45. The van der Waals surface area contributed by atoms with Crippen LogP contribution in [0.3, 0.4) is 0 Å². The third kappa shape index (κ3) is 2.71. The Hall–Kier alpha value is -1.96. The minimum Gasteiger partial charge on any atom is -0.337 e. The van der Waals surface area contributed by atoms with Gasteiger partial charge in [-0.3, -0.25) is 9.69 Å². The Morgan fingerprint density at radius 2 is 2.04 bits per heavy atom. The van der Waals surface area contributed by atoms with E-state index in [1.54, 1.807) is 22.7 Å². The van der Waals surface area contributed by atoms with Crippen LogP contribution < -0.4 is 0 Å². The second-order valence-corrected chi connectivity index (χ2v) is 9.09. The van der Waals surface area contributed by atoms with E-state index in [0.29, 0.717) is 12.6 Å². The van der Waals surface area contributed by atoms with Crippen LogP contribution in [0.1, 0.15) is 32.1 Å². The molecular formula is C19H20N4OS2. The van der Waals surface area contributed by atoms with Crippen molar-refractivity contribution in [2.24, 2.45) is 0 Å². The highest BCUT2D eigenvalue weighted by atomic mass is 32.1. The Morgan fingerprint density at radius 1 is 1.15 bits per heavy atom. The van der Waals surface area contributed by atoms with Gasteiger partial charge in [0.2, 0.25) is 0 Å². The molecule has 0 bridgehead atoms. The number of amides is 1. The van der Waals surface area contributed by atoms with E-state index in [2.05, 4.69) is 43.5 Å². The van der Waals surface area contributed by atoms with Gasteiger partial charge in [0, 0.05) is 36.1 Å². The lowest BCUT2D eigenvalue weighted by atomic mass is 10.1. The van der Waals surface area contributed by atoms with Gasteiger partial charge in [0.1, 0.15) is 5.69 Å². The van der Waals surface area contributed by atoms with Gasteiger partial charge in [0.25, 0.3) is 5.91 Å². The maximum Gasteiger partial charge on any atom is 0.271 e. The van der Waals surface area contributed by atoms with Crippen LogP contribution in [0.2, 0.25) is 0 Å². The molecule has 3 aromatic rings. The third-order valence-electron chi connectivity index (χ3n) is 5.31. The van der Waals surface area contributed by atoms with E-state index in [9.17, 15) is 4.79 Å². The van der Waals surface area contributed by atoms with Crippen LogP contribution in [0.25, 0.3) is 0 Å². The van der Waals surface area contributed by atoms with Crippen LogP contribution in [0, 0.1) is 6.92 Å². The van der Waals surface area contributed by atoms with E-state index >= 15 is 0 Å². The number of aromatic nitrogens is 2. The highest BCUT2D eigenvalue weighted by molar-refractivity contribution is 7.10. The van der Waals surface area contributed by atoms with E-state index < -0.39 is 0 Å². The van der Waals surface area contributed by atoms with E-state index in [1.165, 1.54) is 4.88 Å². The maximum atomic E-state index is 13.1. The van der Waals surface area contributed by atoms with E-state index in [4.69, 9.17) is 0 Å². The molecule has 5 rings (SSSR count). The van der Waals surface area contributed by atoms with Crippen LogP contribution in [-0.4, -0.2) is 44.4 Å². The fourth-order valence-corrected chi connectivity index (χ4v) is 5.53. The molecule has 2 atom stereocenters. The fraction of sp³-hybridized carbons (Fsp3) is 0.368. The minimum atomic E-state index is 0.125. The van der Waals surface area contributed by atoms with E-state index in [1.807, 2.05) is 24.0 Å². The van der Waals surface area contributed by atoms with E-state index in [-0.39, 0.29) is 11.9 Å². The molecule has 0 N–H and O–H groups in total. The van der Waals surface area contributed by atoms with Gasteiger partial charge in [-0.05, 0) is 30.5 Å². The van der Waals surface area contributed by atoms with Crippen LogP contribution in [0.4, 0.5) is 0 Å². The molecule has 0 unspecified atom stereocenters. The number of aryl methyl sites for hydroxylation is 1. The zero-order valence-electron chi connectivity index (χ0n) is 14.5. The first-order valence-corrected chi connectivity index (χ1v) is 10.6. The number of nitrogens with zero attached hydrogens (tertiary/aromatic N) is 4. The molecule has 1 amide bonds. The largest absolute Gasteiger partial charge is 0.337 e. The molecule has 2 aliphatic heterocycles. The van der Waals surface area contributed by atoms with E-state index in [0.717, 1.165) is 36.0 Å². The normalized spacial score (nSPS) is 22.7. The van der Waals surface area contributed by atoms with Gasteiger partial charge in [0.05, 0.1) is 29.3 Å². The van der Waals surface area contributed by atoms with Gasteiger partial charge < -0.3 is 9.47 Å². The average molecular weight is 385 g/mol. The van der Waals surface area contributed by atoms with Gasteiger partial charge in [-0.2, -0.15) is 0 Å². The van der Waals surface area contributed by atoms with Crippen molar-refractivity contribution < 1.29 is 4.79 Å². The Bertz CT molecular complexity index is 929. The number of fused-ring (bicyclic) bond motifs is 3. The summed E-state index contributed by atoms with van der Waals surface area (Å²) in [6.45, 7) is 5.46. The molecule has 1 saturated heterocycles. The number of carbonyl (C=O) groups excluding carboxylic acids is 1. The Labute approximate surface area is 160 Å². The molecule has 0 aromatic carbocycles. The Kier molecular flexibility index (Phi) is 3.95. The molecule has 0 saturated carbocycles. The van der Waals surface area contributed by atoms with Crippen molar-refractivity contribution in [2.75, 3.05) is 13.1 Å². The molecular weight excluding hydrogens is 364 g/mol. The predicted octanol–water partition coefficient (Wildman–Crippen LogP) is 3.40. The minimum absolute atomic E-state index is 0.125. The standard InChI is InChI=1S/C19H20N4OS2/c1-13-20-14(12-26-13)8-23-18-11-21(9-15-4-3-7-25-15)10-17(18)22-6-2-5-16(22)19(23)24/h2-7,12,17-18H,8-11H2,1H3/t17-,18-/m0/s1. The lowest BCUT2D eigenvalue weighted by Gasteiger charge is -2.38. The zero-order valence-corrected chi connectivity index (χ0v) is 16.2. The molecule has 134 valence electrons. The number of thiophene rings is 1. The second-order valence-electron chi connectivity index (χ2n) is 7.00. The summed E-state index contributed by atoms with van der Waals surface area (Å²) in [6, 6.07) is 8.74. The van der Waals surface area contributed by atoms with Gasteiger partial charge in [-0.25, -0.2) is 4.98 Å². The second kappa shape index (κ2) is 6.33. The summed E-state index contributed by atoms with van der Waals surface area (Å²) >= 11 is 3.45. The first-order chi connectivity index (χ1) is 12.7. The van der Waals surface area contributed by atoms with Gasteiger partial charge in [-0.1, -0.05) is 6.07 Å². The fourth-order valence-electron chi connectivity index (χ4n) is 4.19. The van der Waals surface area contributed by atoms with Crippen molar-refractivity contribution in [1.29, 1.82) is 0 Å². The van der Waals surface area contributed by atoms with Crippen molar-refractivity contribution >= 4 is 28.6 Å². The van der Waals surface area contributed by atoms with Crippen molar-refractivity contribution in [3.63, 3.8) is 0 Å². The van der Waals surface area contributed by atoms with Crippen molar-refractivity contribution in [3.8, 4) is 0 Å². The summed E-state index contributed by atoms with van der Waals surface area (Å²) in [5, 5.41) is 5.25. The number of thiazole rings is 1. The Balaban J connectivity index is 1.45. The van der Waals surface area contributed by atoms with Crippen molar-refractivity contribution in [1.82, 2.24) is 19.4 Å². The summed E-state index contributed by atoms with van der Waals surface area (Å²) in [5.74, 6) is 0.125. The highest BCUT2D eigenvalue weighted by Crippen LogP contribution is 2.35. The summed E-state index contributed by atoms with van der Waals surface area (Å²) in [7, 11) is 0. The SMILES string of the molecule is Cc1nc(CN2C(=O)c3cccn3[C@H]3CN(Cc4cccs4)C[C@@H]32)cs1. The molecule has 5 heterocycles. The molecule has 5 nitrogen and oxygen atoms in total. The van der Waals surface area contributed by atoms with Crippen LogP contribution in [0.5, 0.6) is 0 Å². The maximum absolute atomic E-state index is 13.1.